The van der Waals surface area contributed by atoms with Gasteiger partial charge in [0.1, 0.15) is 0 Å². The number of likely N-dealkylation sites (N-methyl/N-ethyl adjacent to an activating group) is 1. The van der Waals surface area contributed by atoms with Gasteiger partial charge in [-0.2, -0.15) is 0 Å². The SMILES string of the molecule is CN1CCCN(Cc2ccc(B(O)O)cc2)CC1. The second kappa shape index (κ2) is 6.34. The first kappa shape index (κ1) is 13.6. The molecule has 1 aromatic rings. The Hall–Kier alpha value is -0.875. The predicted octanol–water partition coefficient (Wildman–Crippen LogP) is -0.496. The topological polar surface area (TPSA) is 46.9 Å². The molecule has 5 heteroatoms. The fourth-order valence-electron chi connectivity index (χ4n) is 2.31. The molecule has 0 bridgehead atoms. The maximum atomic E-state index is 9.04. The van der Waals surface area contributed by atoms with E-state index < -0.39 is 7.12 Å². The summed E-state index contributed by atoms with van der Waals surface area (Å²) < 4.78 is 0. The molecule has 18 heavy (non-hydrogen) atoms. The van der Waals surface area contributed by atoms with Crippen molar-refractivity contribution in [1.82, 2.24) is 9.80 Å². The van der Waals surface area contributed by atoms with E-state index in [0.717, 1.165) is 26.2 Å². The summed E-state index contributed by atoms with van der Waals surface area (Å²) in [6.07, 6.45) is 1.21. The van der Waals surface area contributed by atoms with Crippen LogP contribution in [0.4, 0.5) is 0 Å². The third-order valence-corrected chi connectivity index (χ3v) is 3.50. The molecule has 0 saturated carbocycles. The number of nitrogens with zero attached hydrogens (tertiary/aromatic N) is 2. The Labute approximate surface area is 109 Å². The molecule has 0 aliphatic carbocycles. The summed E-state index contributed by atoms with van der Waals surface area (Å²) in [5.74, 6) is 0. The molecule has 1 heterocycles. The third-order valence-electron chi connectivity index (χ3n) is 3.50. The summed E-state index contributed by atoms with van der Waals surface area (Å²) in [4.78, 5) is 4.82. The van der Waals surface area contributed by atoms with Gasteiger partial charge in [0.15, 0.2) is 0 Å². The molecule has 0 amide bonds. The molecule has 1 fully saturated rings. The maximum absolute atomic E-state index is 9.04. The van der Waals surface area contributed by atoms with Crippen molar-refractivity contribution in [3.05, 3.63) is 29.8 Å². The fraction of sp³-hybridized carbons (Fsp3) is 0.538. The van der Waals surface area contributed by atoms with E-state index in [1.54, 1.807) is 12.1 Å². The molecule has 0 atom stereocenters. The van der Waals surface area contributed by atoms with E-state index in [2.05, 4.69) is 16.8 Å². The average molecular weight is 248 g/mol. The summed E-state index contributed by atoms with van der Waals surface area (Å²) in [6, 6.07) is 7.51. The first-order valence-corrected chi connectivity index (χ1v) is 6.51. The van der Waals surface area contributed by atoms with Gasteiger partial charge in [-0.1, -0.05) is 24.3 Å². The van der Waals surface area contributed by atoms with E-state index in [1.807, 2.05) is 12.1 Å². The largest absolute Gasteiger partial charge is 0.488 e. The summed E-state index contributed by atoms with van der Waals surface area (Å²) in [6.45, 7) is 5.46. The normalized spacial score (nSPS) is 18.6. The Morgan fingerprint density at radius 1 is 1.06 bits per heavy atom. The minimum Gasteiger partial charge on any atom is -0.423 e. The Morgan fingerprint density at radius 2 is 1.78 bits per heavy atom. The minimum absolute atomic E-state index is 0.550. The molecular formula is C13H21BN2O2. The summed E-state index contributed by atoms with van der Waals surface area (Å²) in [5, 5.41) is 18.1. The van der Waals surface area contributed by atoms with Crippen LogP contribution < -0.4 is 5.46 Å². The number of hydrogen-bond donors (Lipinski definition) is 2. The van der Waals surface area contributed by atoms with Crippen molar-refractivity contribution in [2.24, 2.45) is 0 Å². The second-order valence-electron chi connectivity index (χ2n) is 5.05. The van der Waals surface area contributed by atoms with Gasteiger partial charge in [-0.05, 0) is 37.6 Å². The molecule has 0 aromatic heterocycles. The van der Waals surface area contributed by atoms with E-state index in [-0.39, 0.29) is 0 Å². The lowest BCUT2D eigenvalue weighted by Gasteiger charge is -2.20. The number of hydrogen-bond acceptors (Lipinski definition) is 4. The number of rotatable bonds is 3. The Bertz CT molecular complexity index is 370. The van der Waals surface area contributed by atoms with Crippen molar-refractivity contribution in [3.63, 3.8) is 0 Å². The lowest BCUT2D eigenvalue weighted by Crippen LogP contribution is -2.30. The van der Waals surface area contributed by atoms with Crippen molar-refractivity contribution in [2.75, 3.05) is 33.2 Å². The van der Waals surface area contributed by atoms with Gasteiger partial charge in [-0.15, -0.1) is 0 Å². The van der Waals surface area contributed by atoms with Crippen molar-refractivity contribution in [2.45, 2.75) is 13.0 Å². The highest BCUT2D eigenvalue weighted by Gasteiger charge is 2.13. The maximum Gasteiger partial charge on any atom is 0.488 e. The fourth-order valence-corrected chi connectivity index (χ4v) is 2.31. The first-order chi connectivity index (χ1) is 8.65. The summed E-state index contributed by atoms with van der Waals surface area (Å²) in [5.41, 5.74) is 1.78. The molecule has 1 aromatic carbocycles. The van der Waals surface area contributed by atoms with Gasteiger partial charge >= 0.3 is 7.12 Å². The summed E-state index contributed by atoms with van der Waals surface area (Å²) >= 11 is 0. The molecule has 1 saturated heterocycles. The van der Waals surface area contributed by atoms with Crippen LogP contribution in [0.3, 0.4) is 0 Å². The predicted molar refractivity (Wildman–Crippen MR) is 73.7 cm³/mol. The van der Waals surface area contributed by atoms with E-state index in [9.17, 15) is 0 Å². The van der Waals surface area contributed by atoms with Crippen LogP contribution in [0.1, 0.15) is 12.0 Å². The highest BCUT2D eigenvalue weighted by molar-refractivity contribution is 6.58. The van der Waals surface area contributed by atoms with Gasteiger partial charge in [0, 0.05) is 19.6 Å². The molecule has 2 N–H and O–H groups in total. The molecule has 0 spiro atoms. The van der Waals surface area contributed by atoms with Gasteiger partial charge in [0.05, 0.1) is 0 Å². The zero-order valence-electron chi connectivity index (χ0n) is 10.9. The molecular weight excluding hydrogens is 227 g/mol. The lowest BCUT2D eigenvalue weighted by atomic mass is 9.80. The van der Waals surface area contributed by atoms with Gasteiger partial charge in [-0.3, -0.25) is 4.90 Å². The minimum atomic E-state index is -1.37. The van der Waals surface area contributed by atoms with Crippen molar-refractivity contribution in [3.8, 4) is 0 Å². The van der Waals surface area contributed by atoms with E-state index in [4.69, 9.17) is 10.0 Å². The Balaban J connectivity index is 1.92. The smallest absolute Gasteiger partial charge is 0.423 e. The lowest BCUT2D eigenvalue weighted by molar-refractivity contribution is 0.269. The third kappa shape index (κ3) is 3.81. The molecule has 0 unspecified atom stereocenters. The zero-order chi connectivity index (χ0) is 13.0. The quantitative estimate of drug-likeness (QED) is 0.708. The number of benzene rings is 1. The molecule has 2 rings (SSSR count). The van der Waals surface area contributed by atoms with Crippen LogP contribution in [0.25, 0.3) is 0 Å². The van der Waals surface area contributed by atoms with Gasteiger partial charge < -0.3 is 14.9 Å². The molecule has 4 nitrogen and oxygen atoms in total. The first-order valence-electron chi connectivity index (χ1n) is 6.51. The zero-order valence-corrected chi connectivity index (χ0v) is 10.9. The van der Waals surface area contributed by atoms with E-state index >= 15 is 0 Å². The van der Waals surface area contributed by atoms with Gasteiger partial charge in [0.25, 0.3) is 0 Å². The van der Waals surface area contributed by atoms with Crippen molar-refractivity contribution < 1.29 is 10.0 Å². The van der Waals surface area contributed by atoms with Crippen molar-refractivity contribution >= 4 is 12.6 Å². The molecule has 98 valence electrons. The second-order valence-corrected chi connectivity index (χ2v) is 5.05. The highest BCUT2D eigenvalue weighted by Crippen LogP contribution is 2.07. The Kier molecular flexibility index (Phi) is 4.77. The van der Waals surface area contributed by atoms with Crippen LogP contribution in [-0.4, -0.2) is 60.2 Å². The molecule has 1 aliphatic rings. The Morgan fingerprint density at radius 3 is 2.44 bits per heavy atom. The van der Waals surface area contributed by atoms with Crippen LogP contribution in [-0.2, 0) is 6.54 Å². The van der Waals surface area contributed by atoms with Crippen LogP contribution in [0.5, 0.6) is 0 Å². The monoisotopic (exact) mass is 248 g/mol. The van der Waals surface area contributed by atoms with E-state index in [1.165, 1.54) is 18.5 Å². The standard InChI is InChI=1S/C13H21BN2O2/c1-15-7-2-8-16(10-9-15)11-12-3-5-13(6-4-12)14(17)18/h3-6,17-18H,2,7-11H2,1H3. The molecule has 0 radical (unpaired) electrons. The van der Waals surface area contributed by atoms with Crippen LogP contribution in [0, 0.1) is 0 Å². The molecule has 1 aliphatic heterocycles. The van der Waals surface area contributed by atoms with Gasteiger partial charge in [0.2, 0.25) is 0 Å². The van der Waals surface area contributed by atoms with Crippen LogP contribution >= 0.6 is 0 Å². The highest BCUT2D eigenvalue weighted by atomic mass is 16.4. The van der Waals surface area contributed by atoms with Crippen molar-refractivity contribution in [1.29, 1.82) is 0 Å². The van der Waals surface area contributed by atoms with Crippen LogP contribution in [0.15, 0.2) is 24.3 Å². The van der Waals surface area contributed by atoms with E-state index in [0.29, 0.717) is 5.46 Å². The summed E-state index contributed by atoms with van der Waals surface area (Å²) in [7, 11) is 0.798. The average Bonchev–Trinajstić information content (AvgIpc) is 2.55. The van der Waals surface area contributed by atoms with Gasteiger partial charge in [-0.25, -0.2) is 0 Å². The van der Waals surface area contributed by atoms with Crippen LogP contribution in [0.2, 0.25) is 0 Å².